The Kier molecular flexibility index (Phi) is 6.26. The number of para-hydroxylation sites is 1. The summed E-state index contributed by atoms with van der Waals surface area (Å²) in [6.45, 7) is 0. The fourth-order valence-electron chi connectivity index (χ4n) is 2.63. The van der Waals surface area contributed by atoms with Crippen molar-refractivity contribution >= 4 is 44.4 Å². The monoisotopic (exact) mass is 415 g/mol. The third-order valence-corrected chi connectivity index (χ3v) is 5.91. The highest BCUT2D eigenvalue weighted by molar-refractivity contribution is 7.92. The van der Waals surface area contributed by atoms with Gasteiger partial charge in [0.15, 0.2) is 0 Å². The maximum absolute atomic E-state index is 12.5. The van der Waals surface area contributed by atoms with Gasteiger partial charge in [0.1, 0.15) is 0 Å². The first-order chi connectivity index (χ1) is 12.9. The largest absolute Gasteiger partial charge is 0.280 e. The minimum absolute atomic E-state index is 0.221. The molecule has 0 aliphatic carbocycles. The standard InChI is InChI=1S/C21H18ClNO2S2/c22-18-10-6-16(7-11-18)14-20(26)15-17-8-12-21(13-9-17)27(24,25)23-19-4-2-1-3-5-19/h1-13,23H,14-15H2. The van der Waals surface area contributed by atoms with Crippen LogP contribution in [0.2, 0.25) is 5.02 Å². The number of rotatable bonds is 7. The van der Waals surface area contributed by atoms with Gasteiger partial charge >= 0.3 is 0 Å². The zero-order valence-electron chi connectivity index (χ0n) is 14.4. The van der Waals surface area contributed by atoms with Crippen molar-refractivity contribution in [3.05, 3.63) is 95.0 Å². The minimum Gasteiger partial charge on any atom is -0.280 e. The number of anilines is 1. The van der Waals surface area contributed by atoms with E-state index in [1.165, 1.54) is 0 Å². The summed E-state index contributed by atoms with van der Waals surface area (Å²) in [5.41, 5.74) is 2.62. The van der Waals surface area contributed by atoms with Crippen LogP contribution in [0.5, 0.6) is 0 Å². The molecule has 0 aliphatic rings. The normalized spacial score (nSPS) is 11.1. The Labute approximate surface area is 170 Å². The Morgan fingerprint density at radius 1 is 0.815 bits per heavy atom. The lowest BCUT2D eigenvalue weighted by Crippen LogP contribution is -2.13. The molecule has 0 amide bonds. The molecule has 0 atom stereocenters. The topological polar surface area (TPSA) is 46.2 Å². The summed E-state index contributed by atoms with van der Waals surface area (Å²) in [5, 5.41) is 0.700. The van der Waals surface area contributed by atoms with E-state index >= 15 is 0 Å². The molecule has 27 heavy (non-hydrogen) atoms. The van der Waals surface area contributed by atoms with Gasteiger partial charge in [-0.2, -0.15) is 0 Å². The third-order valence-electron chi connectivity index (χ3n) is 3.98. The van der Waals surface area contributed by atoms with Gasteiger partial charge in [-0.15, -0.1) is 0 Å². The van der Waals surface area contributed by atoms with Gasteiger partial charge in [-0.1, -0.05) is 66.3 Å². The van der Waals surface area contributed by atoms with E-state index in [0.717, 1.165) is 16.0 Å². The quantitative estimate of drug-likeness (QED) is 0.533. The van der Waals surface area contributed by atoms with E-state index in [1.54, 1.807) is 48.5 Å². The van der Waals surface area contributed by atoms with Crippen molar-refractivity contribution < 1.29 is 8.42 Å². The van der Waals surface area contributed by atoms with E-state index in [0.29, 0.717) is 23.6 Å². The second-order valence-corrected chi connectivity index (χ2v) is 8.83. The van der Waals surface area contributed by atoms with Crippen LogP contribution in [0, 0.1) is 0 Å². The van der Waals surface area contributed by atoms with Crippen LogP contribution < -0.4 is 4.72 Å². The smallest absolute Gasteiger partial charge is 0.261 e. The fraction of sp³-hybridized carbons (Fsp3) is 0.0952. The fourth-order valence-corrected chi connectivity index (χ4v) is 4.14. The molecule has 0 spiro atoms. The summed E-state index contributed by atoms with van der Waals surface area (Å²) in [6.07, 6.45) is 1.30. The van der Waals surface area contributed by atoms with Gasteiger partial charge < -0.3 is 0 Å². The van der Waals surface area contributed by atoms with E-state index in [1.807, 2.05) is 30.3 Å². The molecule has 0 heterocycles. The Bertz CT molecular complexity index is 1020. The zero-order valence-corrected chi connectivity index (χ0v) is 16.8. The van der Waals surface area contributed by atoms with E-state index < -0.39 is 10.0 Å². The molecule has 1 N–H and O–H groups in total. The molecule has 138 valence electrons. The van der Waals surface area contributed by atoms with Gasteiger partial charge in [0.2, 0.25) is 0 Å². The highest BCUT2D eigenvalue weighted by Crippen LogP contribution is 2.17. The highest BCUT2D eigenvalue weighted by Gasteiger charge is 2.14. The first-order valence-electron chi connectivity index (χ1n) is 8.35. The summed E-state index contributed by atoms with van der Waals surface area (Å²) in [5.74, 6) is 0. The molecule has 0 saturated heterocycles. The molecule has 6 heteroatoms. The number of benzene rings is 3. The number of thiocarbonyl (C=S) groups is 1. The lowest BCUT2D eigenvalue weighted by atomic mass is 10.0. The van der Waals surface area contributed by atoms with Gasteiger partial charge in [-0.05, 0) is 47.5 Å². The van der Waals surface area contributed by atoms with Crippen molar-refractivity contribution in [2.75, 3.05) is 4.72 Å². The average molecular weight is 416 g/mol. The molecule has 0 radical (unpaired) electrons. The van der Waals surface area contributed by atoms with Gasteiger partial charge in [-0.25, -0.2) is 8.42 Å². The van der Waals surface area contributed by atoms with E-state index in [9.17, 15) is 8.42 Å². The first kappa shape index (κ1) is 19.5. The lowest BCUT2D eigenvalue weighted by molar-refractivity contribution is 0.601. The van der Waals surface area contributed by atoms with Crippen LogP contribution in [0.25, 0.3) is 0 Å². The molecule has 0 unspecified atom stereocenters. The van der Waals surface area contributed by atoms with Gasteiger partial charge in [0.25, 0.3) is 10.0 Å². The van der Waals surface area contributed by atoms with Crippen LogP contribution in [0.1, 0.15) is 11.1 Å². The van der Waals surface area contributed by atoms with E-state index in [2.05, 4.69) is 4.72 Å². The Balaban J connectivity index is 1.64. The Hall–Kier alpha value is -2.21. The van der Waals surface area contributed by atoms with Gasteiger partial charge in [0, 0.05) is 28.4 Å². The molecular formula is C21H18ClNO2S2. The van der Waals surface area contributed by atoms with Gasteiger partial charge in [0.05, 0.1) is 4.90 Å². The SMILES string of the molecule is O=S(=O)(Nc1ccccc1)c1ccc(CC(=S)Cc2ccc(Cl)cc2)cc1. The van der Waals surface area contributed by atoms with E-state index in [4.69, 9.17) is 23.8 Å². The second kappa shape index (κ2) is 8.65. The molecule has 0 saturated carbocycles. The number of sulfonamides is 1. The second-order valence-electron chi connectivity index (χ2n) is 6.13. The summed E-state index contributed by atoms with van der Waals surface area (Å²) in [4.78, 5) is 1.11. The molecule has 0 aliphatic heterocycles. The van der Waals surface area contributed by atoms with Crippen LogP contribution in [0.4, 0.5) is 5.69 Å². The van der Waals surface area contributed by atoms with Crippen molar-refractivity contribution in [2.24, 2.45) is 0 Å². The van der Waals surface area contributed by atoms with Crippen molar-refractivity contribution in [3.8, 4) is 0 Å². The molecule has 3 aromatic carbocycles. The van der Waals surface area contributed by atoms with Gasteiger partial charge in [-0.3, -0.25) is 4.72 Å². The Morgan fingerprint density at radius 2 is 1.33 bits per heavy atom. The molecular weight excluding hydrogens is 398 g/mol. The van der Waals surface area contributed by atoms with Crippen molar-refractivity contribution in [1.29, 1.82) is 0 Å². The molecule has 3 nitrogen and oxygen atoms in total. The molecule has 0 fully saturated rings. The van der Waals surface area contributed by atoms with Crippen molar-refractivity contribution in [2.45, 2.75) is 17.7 Å². The number of hydrogen-bond acceptors (Lipinski definition) is 3. The summed E-state index contributed by atoms with van der Waals surface area (Å²) in [7, 11) is -3.61. The van der Waals surface area contributed by atoms with Crippen molar-refractivity contribution in [3.63, 3.8) is 0 Å². The number of nitrogens with one attached hydrogen (secondary N) is 1. The molecule has 0 aromatic heterocycles. The predicted molar refractivity (Wildman–Crippen MR) is 115 cm³/mol. The van der Waals surface area contributed by atoms with Crippen LogP contribution in [0.3, 0.4) is 0 Å². The number of halogens is 1. The summed E-state index contributed by atoms with van der Waals surface area (Å²) >= 11 is 11.4. The lowest BCUT2D eigenvalue weighted by Gasteiger charge is -2.09. The first-order valence-corrected chi connectivity index (χ1v) is 10.6. The van der Waals surface area contributed by atoms with Crippen LogP contribution in [-0.2, 0) is 22.9 Å². The zero-order chi connectivity index (χ0) is 19.3. The minimum atomic E-state index is -3.61. The maximum atomic E-state index is 12.5. The number of hydrogen-bond donors (Lipinski definition) is 1. The predicted octanol–water partition coefficient (Wildman–Crippen LogP) is 5.30. The summed E-state index contributed by atoms with van der Waals surface area (Å²) in [6, 6.07) is 23.2. The van der Waals surface area contributed by atoms with Crippen LogP contribution in [-0.4, -0.2) is 13.3 Å². The summed E-state index contributed by atoms with van der Waals surface area (Å²) < 4.78 is 27.5. The molecule has 3 aromatic rings. The maximum Gasteiger partial charge on any atom is 0.261 e. The molecule has 0 bridgehead atoms. The third kappa shape index (κ3) is 5.63. The average Bonchev–Trinajstić information content (AvgIpc) is 2.64. The Morgan fingerprint density at radius 3 is 1.89 bits per heavy atom. The van der Waals surface area contributed by atoms with Crippen LogP contribution >= 0.6 is 23.8 Å². The van der Waals surface area contributed by atoms with Crippen molar-refractivity contribution in [1.82, 2.24) is 0 Å². The highest BCUT2D eigenvalue weighted by atomic mass is 35.5. The van der Waals surface area contributed by atoms with E-state index in [-0.39, 0.29) is 4.90 Å². The van der Waals surface area contributed by atoms with Crippen LogP contribution in [0.15, 0.2) is 83.8 Å². The molecule has 3 rings (SSSR count).